The van der Waals surface area contributed by atoms with Gasteiger partial charge in [0.2, 0.25) is 0 Å². The van der Waals surface area contributed by atoms with E-state index in [4.69, 9.17) is 4.74 Å². The van der Waals surface area contributed by atoms with Crippen molar-refractivity contribution in [3.05, 3.63) is 75.8 Å². The number of rotatable bonds is 5. The van der Waals surface area contributed by atoms with E-state index in [1.165, 1.54) is 24.3 Å². The Morgan fingerprint density at radius 1 is 1.17 bits per heavy atom. The van der Waals surface area contributed by atoms with Crippen LogP contribution in [0.2, 0.25) is 0 Å². The molecule has 2 aliphatic rings. The van der Waals surface area contributed by atoms with Crippen LogP contribution in [0.1, 0.15) is 44.7 Å². The third-order valence-electron chi connectivity index (χ3n) is 6.81. The van der Waals surface area contributed by atoms with Crippen LogP contribution in [0.3, 0.4) is 0 Å². The van der Waals surface area contributed by atoms with Crippen LogP contribution in [0.25, 0.3) is 6.08 Å². The summed E-state index contributed by atoms with van der Waals surface area (Å²) in [5.74, 6) is -1.77. The number of nitro benzene ring substituents is 1. The summed E-state index contributed by atoms with van der Waals surface area (Å²) in [6, 6.07) is 13.9. The SMILES string of the molecule is CCOC(=O)[C@]1(C#N)[C@H](c2ccc([N+](=O)[O-])cc2)[C@H](C(=O)C(C)(C)C)N2c3ccccc3C=C[C@H]21. The Hall–Kier alpha value is -3.99. The molecule has 0 saturated carbocycles. The second-order valence-electron chi connectivity index (χ2n) is 9.86. The molecule has 2 aromatic rings. The highest BCUT2D eigenvalue weighted by atomic mass is 16.6. The molecule has 0 aromatic heterocycles. The van der Waals surface area contributed by atoms with E-state index in [0.29, 0.717) is 5.56 Å². The highest BCUT2D eigenvalue weighted by molar-refractivity contribution is 5.99. The number of anilines is 1. The molecular weight excluding hydrogens is 446 g/mol. The molecule has 2 heterocycles. The van der Waals surface area contributed by atoms with Gasteiger partial charge in [0.15, 0.2) is 11.2 Å². The second kappa shape index (κ2) is 8.66. The number of Topliss-reactive ketones (excluding diaryl/α,β-unsaturated/α-hetero) is 1. The first-order valence-electron chi connectivity index (χ1n) is 11.5. The van der Waals surface area contributed by atoms with E-state index in [1.807, 2.05) is 35.2 Å². The normalized spacial score (nSPS) is 24.8. The van der Waals surface area contributed by atoms with Gasteiger partial charge in [-0.1, -0.05) is 63.3 Å². The van der Waals surface area contributed by atoms with Crippen LogP contribution >= 0.6 is 0 Å². The Morgan fingerprint density at radius 3 is 2.40 bits per heavy atom. The molecule has 0 N–H and O–H groups in total. The van der Waals surface area contributed by atoms with Gasteiger partial charge in [0, 0.05) is 29.2 Å². The van der Waals surface area contributed by atoms with Gasteiger partial charge in [-0.3, -0.25) is 19.7 Å². The molecule has 8 heteroatoms. The van der Waals surface area contributed by atoms with Gasteiger partial charge >= 0.3 is 5.97 Å². The number of non-ortho nitro benzene ring substituents is 1. The second-order valence-corrected chi connectivity index (χ2v) is 9.86. The number of nitrogens with zero attached hydrogens (tertiary/aromatic N) is 3. The van der Waals surface area contributed by atoms with Gasteiger partial charge in [0.1, 0.15) is 0 Å². The zero-order valence-corrected chi connectivity index (χ0v) is 20.1. The summed E-state index contributed by atoms with van der Waals surface area (Å²) in [5, 5.41) is 21.9. The predicted octanol–water partition coefficient (Wildman–Crippen LogP) is 4.65. The topological polar surface area (TPSA) is 114 Å². The molecule has 0 radical (unpaired) electrons. The number of fused-ring (bicyclic) bond motifs is 3. The highest BCUT2D eigenvalue weighted by Gasteiger charge is 2.67. The fraction of sp³-hybridized carbons (Fsp3) is 0.370. The Kier molecular flexibility index (Phi) is 5.97. The van der Waals surface area contributed by atoms with E-state index in [-0.39, 0.29) is 18.1 Å². The van der Waals surface area contributed by atoms with Crippen LogP contribution < -0.4 is 4.90 Å². The first-order valence-corrected chi connectivity index (χ1v) is 11.5. The van der Waals surface area contributed by atoms with E-state index >= 15 is 0 Å². The molecule has 0 spiro atoms. The lowest BCUT2D eigenvalue weighted by molar-refractivity contribution is -0.384. The number of carbonyl (C=O) groups is 2. The molecule has 0 unspecified atom stereocenters. The van der Waals surface area contributed by atoms with Crippen LogP contribution in [0, 0.1) is 32.3 Å². The molecule has 8 nitrogen and oxygen atoms in total. The van der Waals surface area contributed by atoms with Gasteiger partial charge in [-0.2, -0.15) is 5.26 Å². The van der Waals surface area contributed by atoms with Crippen molar-refractivity contribution in [3.63, 3.8) is 0 Å². The standard InChI is InChI=1S/C27H27N3O5/c1-5-35-25(32)27(16-28)21-15-12-17-8-6-7-9-20(17)29(21)23(24(31)26(2,3)4)22(27)18-10-13-19(14-11-18)30(33)34/h6-15,21-23H,5H2,1-4H3/t21-,22+,23+,27-/m0/s1. The summed E-state index contributed by atoms with van der Waals surface area (Å²) in [4.78, 5) is 40.3. The summed E-state index contributed by atoms with van der Waals surface area (Å²) >= 11 is 0. The predicted molar refractivity (Wildman–Crippen MR) is 131 cm³/mol. The van der Waals surface area contributed by atoms with Crippen LogP contribution in [0.4, 0.5) is 11.4 Å². The summed E-state index contributed by atoms with van der Waals surface area (Å²) < 4.78 is 5.44. The Labute approximate surface area is 204 Å². The molecular formula is C27H27N3O5. The molecule has 35 heavy (non-hydrogen) atoms. The quantitative estimate of drug-likeness (QED) is 0.353. The van der Waals surface area contributed by atoms with Crippen molar-refractivity contribution in [2.24, 2.45) is 10.8 Å². The van der Waals surface area contributed by atoms with Crippen molar-refractivity contribution >= 4 is 29.2 Å². The summed E-state index contributed by atoms with van der Waals surface area (Å²) in [6.07, 6.45) is 3.65. The maximum atomic E-state index is 14.0. The number of ketones is 1. The number of hydrogen-bond donors (Lipinski definition) is 0. The minimum Gasteiger partial charge on any atom is -0.465 e. The molecule has 4 rings (SSSR count). The number of carbonyl (C=O) groups excluding carboxylic acids is 2. The van der Waals surface area contributed by atoms with Crippen LogP contribution in [-0.4, -0.2) is 35.4 Å². The average molecular weight is 474 g/mol. The third kappa shape index (κ3) is 3.68. The average Bonchev–Trinajstić information content (AvgIpc) is 3.14. The van der Waals surface area contributed by atoms with Gasteiger partial charge in [-0.25, -0.2) is 0 Å². The fourth-order valence-electron chi connectivity index (χ4n) is 5.24. The van der Waals surface area contributed by atoms with Gasteiger partial charge in [-0.15, -0.1) is 0 Å². The molecule has 1 fully saturated rings. The van der Waals surface area contributed by atoms with E-state index in [1.54, 1.807) is 33.8 Å². The number of hydrogen-bond acceptors (Lipinski definition) is 7. The first kappa shape index (κ1) is 24.1. The largest absolute Gasteiger partial charge is 0.465 e. The molecule has 1 saturated heterocycles. The molecule has 180 valence electrons. The van der Waals surface area contributed by atoms with E-state index in [2.05, 4.69) is 6.07 Å². The molecule has 0 bridgehead atoms. The lowest BCUT2D eigenvalue weighted by Gasteiger charge is -2.37. The van der Waals surface area contributed by atoms with Crippen LogP contribution in [0.15, 0.2) is 54.6 Å². The maximum Gasteiger partial charge on any atom is 0.329 e. The molecule has 0 amide bonds. The molecule has 4 atom stereocenters. The molecule has 2 aromatic carbocycles. The van der Waals surface area contributed by atoms with Crippen LogP contribution in [0.5, 0.6) is 0 Å². The zero-order chi connectivity index (χ0) is 25.5. The lowest BCUT2D eigenvalue weighted by Crippen LogP contribution is -2.48. The Balaban J connectivity index is 2.04. The number of ether oxygens (including phenoxy) is 1. The molecule has 2 aliphatic heterocycles. The number of nitriles is 1. The van der Waals surface area contributed by atoms with Crippen molar-refractivity contribution in [1.29, 1.82) is 5.26 Å². The lowest BCUT2D eigenvalue weighted by atomic mass is 9.67. The van der Waals surface area contributed by atoms with Gasteiger partial charge in [0.05, 0.1) is 29.7 Å². The summed E-state index contributed by atoms with van der Waals surface area (Å²) in [5.41, 5.74) is -0.543. The van der Waals surface area contributed by atoms with Gasteiger partial charge in [0.25, 0.3) is 5.69 Å². The smallest absolute Gasteiger partial charge is 0.329 e. The van der Waals surface area contributed by atoms with Crippen molar-refractivity contribution < 1.29 is 19.2 Å². The minimum absolute atomic E-state index is 0.0696. The van der Waals surface area contributed by atoms with Crippen molar-refractivity contribution in [2.45, 2.75) is 45.7 Å². The highest BCUT2D eigenvalue weighted by Crippen LogP contribution is 2.57. The van der Waals surface area contributed by atoms with Crippen LogP contribution in [-0.2, 0) is 14.3 Å². The number of benzene rings is 2. The van der Waals surface area contributed by atoms with Gasteiger partial charge < -0.3 is 9.64 Å². The number of para-hydroxylation sites is 1. The fourth-order valence-corrected chi connectivity index (χ4v) is 5.24. The van der Waals surface area contributed by atoms with Gasteiger partial charge in [-0.05, 0) is 24.1 Å². The van der Waals surface area contributed by atoms with Crippen molar-refractivity contribution in [2.75, 3.05) is 11.5 Å². The zero-order valence-electron chi connectivity index (χ0n) is 20.1. The summed E-state index contributed by atoms with van der Waals surface area (Å²) in [6.45, 7) is 7.15. The Bertz CT molecular complexity index is 1250. The van der Waals surface area contributed by atoms with Crippen molar-refractivity contribution in [3.8, 4) is 6.07 Å². The minimum atomic E-state index is -1.75. The monoisotopic (exact) mass is 473 g/mol. The summed E-state index contributed by atoms with van der Waals surface area (Å²) in [7, 11) is 0. The maximum absolute atomic E-state index is 14.0. The Morgan fingerprint density at radius 2 is 1.83 bits per heavy atom. The first-order chi connectivity index (χ1) is 16.6. The number of esters is 1. The van der Waals surface area contributed by atoms with Crippen molar-refractivity contribution in [1.82, 2.24) is 0 Å². The number of nitro groups is 1. The van der Waals surface area contributed by atoms with E-state index in [9.17, 15) is 25.0 Å². The third-order valence-corrected chi connectivity index (χ3v) is 6.81. The molecule has 0 aliphatic carbocycles. The van der Waals surface area contributed by atoms with E-state index in [0.717, 1.165) is 11.3 Å². The van der Waals surface area contributed by atoms with E-state index < -0.39 is 39.7 Å².